The minimum Gasteiger partial charge on any atom is -0.376 e. The van der Waals surface area contributed by atoms with E-state index in [1.165, 1.54) is 0 Å². The van der Waals surface area contributed by atoms with E-state index in [9.17, 15) is 0 Å². The minimum absolute atomic E-state index is 0.205. The quantitative estimate of drug-likeness (QED) is 0.926. The molecule has 1 saturated heterocycles. The molecule has 5 heteroatoms. The number of halogens is 1. The summed E-state index contributed by atoms with van der Waals surface area (Å²) in [5.74, 6) is 0. The maximum absolute atomic E-state index is 5.97. The lowest BCUT2D eigenvalue weighted by Crippen LogP contribution is -2.50. The number of ether oxygens (including phenoxy) is 1. The Bertz CT molecular complexity index is 402. The lowest BCUT2D eigenvalue weighted by Gasteiger charge is -2.41. The third-order valence-corrected chi connectivity index (χ3v) is 3.82. The molecule has 4 nitrogen and oxygen atoms in total. The molecule has 0 bridgehead atoms. The standard InChI is InChI=1S/C13H20BrN3O/c1-9-8-18-10(2)7-17(9)13(4-15)11-3-12(14)6-16-5-11/h3,5-6,9-10,13H,4,7-8,15H2,1-2H3. The SMILES string of the molecule is CC1CN(C(CN)c2cncc(Br)c2)C(C)CO1. The number of morpholine rings is 1. The second-order valence-corrected chi connectivity index (χ2v) is 5.79. The van der Waals surface area contributed by atoms with Crippen molar-refractivity contribution in [2.75, 3.05) is 19.7 Å². The van der Waals surface area contributed by atoms with Crippen LogP contribution in [0.5, 0.6) is 0 Å². The van der Waals surface area contributed by atoms with E-state index in [4.69, 9.17) is 10.5 Å². The lowest BCUT2D eigenvalue weighted by atomic mass is 10.0. The molecule has 0 spiro atoms. The van der Waals surface area contributed by atoms with Crippen LogP contribution in [0.3, 0.4) is 0 Å². The zero-order valence-corrected chi connectivity index (χ0v) is 12.4. The molecular formula is C13H20BrN3O. The van der Waals surface area contributed by atoms with Crippen LogP contribution < -0.4 is 5.73 Å². The highest BCUT2D eigenvalue weighted by Gasteiger charge is 2.29. The van der Waals surface area contributed by atoms with Crippen molar-refractivity contribution in [1.82, 2.24) is 9.88 Å². The highest BCUT2D eigenvalue weighted by Crippen LogP contribution is 2.26. The molecule has 100 valence electrons. The summed E-state index contributed by atoms with van der Waals surface area (Å²) in [6.07, 6.45) is 3.95. The summed E-state index contributed by atoms with van der Waals surface area (Å²) in [4.78, 5) is 6.65. The molecule has 1 aliphatic heterocycles. The Hall–Kier alpha value is -0.490. The molecular weight excluding hydrogens is 294 g/mol. The molecule has 0 aliphatic carbocycles. The smallest absolute Gasteiger partial charge is 0.0675 e. The van der Waals surface area contributed by atoms with Gasteiger partial charge >= 0.3 is 0 Å². The van der Waals surface area contributed by atoms with E-state index >= 15 is 0 Å². The minimum atomic E-state index is 0.205. The predicted octanol–water partition coefficient (Wildman–Crippen LogP) is 1.95. The average molecular weight is 314 g/mol. The van der Waals surface area contributed by atoms with Crippen molar-refractivity contribution in [1.29, 1.82) is 0 Å². The Balaban J connectivity index is 2.21. The summed E-state index contributed by atoms with van der Waals surface area (Å²) < 4.78 is 6.66. The molecule has 0 amide bonds. The Kier molecular flexibility index (Phi) is 4.72. The summed E-state index contributed by atoms with van der Waals surface area (Å²) in [7, 11) is 0. The van der Waals surface area contributed by atoms with Gasteiger partial charge in [0.15, 0.2) is 0 Å². The van der Waals surface area contributed by atoms with E-state index in [1.54, 1.807) is 6.20 Å². The molecule has 3 atom stereocenters. The summed E-state index contributed by atoms with van der Waals surface area (Å²) in [5, 5.41) is 0. The maximum Gasteiger partial charge on any atom is 0.0675 e. The first-order chi connectivity index (χ1) is 8.61. The Morgan fingerprint density at radius 2 is 2.33 bits per heavy atom. The summed E-state index contributed by atoms with van der Waals surface area (Å²) in [6, 6.07) is 2.68. The van der Waals surface area contributed by atoms with Crippen LogP contribution in [-0.2, 0) is 4.74 Å². The van der Waals surface area contributed by atoms with Crippen molar-refractivity contribution in [3.8, 4) is 0 Å². The van der Waals surface area contributed by atoms with Gasteiger partial charge in [0.1, 0.15) is 0 Å². The van der Waals surface area contributed by atoms with Gasteiger partial charge in [0.2, 0.25) is 0 Å². The van der Waals surface area contributed by atoms with E-state index in [2.05, 4.69) is 45.7 Å². The van der Waals surface area contributed by atoms with Crippen molar-refractivity contribution in [2.45, 2.75) is 32.0 Å². The maximum atomic E-state index is 5.97. The van der Waals surface area contributed by atoms with Gasteiger partial charge in [0, 0.05) is 42.0 Å². The first kappa shape index (κ1) is 13.9. The summed E-state index contributed by atoms with van der Waals surface area (Å²) in [6.45, 7) is 6.55. The first-order valence-electron chi connectivity index (χ1n) is 6.29. The van der Waals surface area contributed by atoms with E-state index in [1.807, 2.05) is 6.20 Å². The fourth-order valence-electron chi connectivity index (χ4n) is 2.44. The number of hydrogen-bond donors (Lipinski definition) is 1. The fourth-order valence-corrected chi connectivity index (χ4v) is 2.82. The largest absolute Gasteiger partial charge is 0.376 e. The number of nitrogens with zero attached hydrogens (tertiary/aromatic N) is 2. The molecule has 0 aromatic carbocycles. The second kappa shape index (κ2) is 6.10. The molecule has 2 N–H and O–H groups in total. The second-order valence-electron chi connectivity index (χ2n) is 4.88. The summed E-state index contributed by atoms with van der Waals surface area (Å²) in [5.41, 5.74) is 7.13. The predicted molar refractivity (Wildman–Crippen MR) is 75.3 cm³/mol. The Morgan fingerprint density at radius 1 is 1.56 bits per heavy atom. The van der Waals surface area contributed by atoms with Crippen molar-refractivity contribution < 1.29 is 4.74 Å². The van der Waals surface area contributed by atoms with Crippen molar-refractivity contribution in [3.63, 3.8) is 0 Å². The summed E-state index contributed by atoms with van der Waals surface area (Å²) >= 11 is 3.46. The van der Waals surface area contributed by atoms with Crippen LogP contribution >= 0.6 is 15.9 Å². The van der Waals surface area contributed by atoms with Gasteiger partial charge in [0.25, 0.3) is 0 Å². The van der Waals surface area contributed by atoms with Gasteiger partial charge in [-0.1, -0.05) is 0 Å². The van der Waals surface area contributed by atoms with Gasteiger partial charge in [-0.3, -0.25) is 9.88 Å². The Labute approximate surface area is 117 Å². The van der Waals surface area contributed by atoms with Crippen LogP contribution in [0.1, 0.15) is 25.5 Å². The molecule has 1 aliphatic rings. The zero-order chi connectivity index (χ0) is 13.1. The first-order valence-corrected chi connectivity index (χ1v) is 7.09. The van der Waals surface area contributed by atoms with Crippen LogP contribution in [0.25, 0.3) is 0 Å². The molecule has 1 aromatic heterocycles. The van der Waals surface area contributed by atoms with E-state index in [0.29, 0.717) is 12.6 Å². The molecule has 3 unspecified atom stereocenters. The molecule has 0 radical (unpaired) electrons. The third kappa shape index (κ3) is 3.09. The van der Waals surface area contributed by atoms with Crippen LogP contribution in [-0.4, -0.2) is 41.7 Å². The number of pyridine rings is 1. The molecule has 2 heterocycles. The van der Waals surface area contributed by atoms with Gasteiger partial charge in [-0.15, -0.1) is 0 Å². The van der Waals surface area contributed by atoms with Crippen LogP contribution in [0.15, 0.2) is 22.9 Å². The molecule has 1 fully saturated rings. The molecule has 0 saturated carbocycles. The lowest BCUT2D eigenvalue weighted by molar-refractivity contribution is -0.0654. The van der Waals surface area contributed by atoms with Crippen LogP contribution in [0.4, 0.5) is 0 Å². The number of hydrogen-bond acceptors (Lipinski definition) is 4. The van der Waals surface area contributed by atoms with E-state index in [-0.39, 0.29) is 12.1 Å². The van der Waals surface area contributed by atoms with E-state index < -0.39 is 0 Å². The molecule has 1 aromatic rings. The van der Waals surface area contributed by atoms with E-state index in [0.717, 1.165) is 23.2 Å². The van der Waals surface area contributed by atoms with Crippen molar-refractivity contribution in [3.05, 3.63) is 28.5 Å². The monoisotopic (exact) mass is 313 g/mol. The topological polar surface area (TPSA) is 51.4 Å². The molecule has 18 heavy (non-hydrogen) atoms. The van der Waals surface area contributed by atoms with Gasteiger partial charge in [-0.05, 0) is 41.4 Å². The van der Waals surface area contributed by atoms with Crippen LogP contribution in [0, 0.1) is 0 Å². The van der Waals surface area contributed by atoms with Crippen molar-refractivity contribution in [2.24, 2.45) is 5.73 Å². The normalized spacial score (nSPS) is 27.1. The van der Waals surface area contributed by atoms with Crippen LogP contribution in [0.2, 0.25) is 0 Å². The van der Waals surface area contributed by atoms with Gasteiger partial charge < -0.3 is 10.5 Å². The van der Waals surface area contributed by atoms with Gasteiger partial charge in [-0.2, -0.15) is 0 Å². The average Bonchev–Trinajstić information content (AvgIpc) is 2.35. The Morgan fingerprint density at radius 3 is 3.00 bits per heavy atom. The number of rotatable bonds is 3. The zero-order valence-electron chi connectivity index (χ0n) is 10.8. The molecule has 2 rings (SSSR count). The van der Waals surface area contributed by atoms with Gasteiger partial charge in [0.05, 0.1) is 12.7 Å². The third-order valence-electron chi connectivity index (χ3n) is 3.39. The highest BCUT2D eigenvalue weighted by molar-refractivity contribution is 9.10. The van der Waals surface area contributed by atoms with Gasteiger partial charge in [-0.25, -0.2) is 0 Å². The highest BCUT2D eigenvalue weighted by atomic mass is 79.9. The fraction of sp³-hybridized carbons (Fsp3) is 0.615. The number of nitrogens with two attached hydrogens (primary N) is 1. The van der Waals surface area contributed by atoms with Crippen molar-refractivity contribution >= 4 is 15.9 Å². The number of aromatic nitrogens is 1.